The summed E-state index contributed by atoms with van der Waals surface area (Å²) >= 11 is 0. The summed E-state index contributed by atoms with van der Waals surface area (Å²) in [5.74, 6) is 6.89. The first-order chi connectivity index (χ1) is 15.2. The molecule has 0 spiro atoms. The Labute approximate surface area is 183 Å². The van der Waals surface area contributed by atoms with Crippen LogP contribution in [0.15, 0.2) is 48.5 Å². The van der Waals surface area contributed by atoms with Crippen molar-refractivity contribution in [3.8, 4) is 23.7 Å². The fourth-order valence-corrected chi connectivity index (χ4v) is 4.73. The highest BCUT2D eigenvalue weighted by molar-refractivity contribution is 5.82. The summed E-state index contributed by atoms with van der Waals surface area (Å²) in [5, 5.41) is 19.7. The highest BCUT2D eigenvalue weighted by Gasteiger charge is 2.52. The Morgan fingerprint density at radius 3 is 2.48 bits per heavy atom. The van der Waals surface area contributed by atoms with E-state index >= 15 is 0 Å². The van der Waals surface area contributed by atoms with Crippen LogP contribution in [0, 0.1) is 29.1 Å². The Balaban J connectivity index is 1.50. The third-order valence-electron chi connectivity index (χ3n) is 6.41. The van der Waals surface area contributed by atoms with Crippen molar-refractivity contribution in [3.05, 3.63) is 65.2 Å². The van der Waals surface area contributed by atoms with Crippen molar-refractivity contribution >= 4 is 5.91 Å². The second-order valence-corrected chi connectivity index (χ2v) is 8.18. The number of carbonyl (C=O) groups excluding carboxylic acids is 1. The third-order valence-corrected chi connectivity index (χ3v) is 6.41. The van der Waals surface area contributed by atoms with Crippen LogP contribution in [0.3, 0.4) is 0 Å². The molecule has 5 nitrogen and oxygen atoms in total. The summed E-state index contributed by atoms with van der Waals surface area (Å²) in [6, 6.07) is 16.8. The van der Waals surface area contributed by atoms with Gasteiger partial charge in [0.05, 0.1) is 25.8 Å². The molecule has 2 aliphatic rings. The van der Waals surface area contributed by atoms with E-state index in [2.05, 4.69) is 17.9 Å². The lowest BCUT2D eigenvalue weighted by Crippen LogP contribution is -2.66. The fourth-order valence-electron chi connectivity index (χ4n) is 4.73. The molecule has 0 bridgehead atoms. The lowest BCUT2D eigenvalue weighted by Gasteiger charge is -2.52. The lowest BCUT2D eigenvalue weighted by atomic mass is 9.75. The van der Waals surface area contributed by atoms with Crippen molar-refractivity contribution in [2.45, 2.75) is 43.7 Å². The zero-order chi connectivity index (χ0) is 21.8. The van der Waals surface area contributed by atoms with Crippen molar-refractivity contribution in [1.82, 2.24) is 4.90 Å². The minimum absolute atomic E-state index is 0.000103. The van der Waals surface area contributed by atoms with Gasteiger partial charge in [-0.15, -0.1) is 0 Å². The number of aliphatic hydroxyl groups excluding tert-OH is 1. The molecule has 1 aliphatic carbocycles. The predicted octanol–water partition coefficient (Wildman–Crippen LogP) is 3.46. The number of methoxy groups -OCH3 is 1. The van der Waals surface area contributed by atoms with Crippen LogP contribution in [-0.4, -0.2) is 41.7 Å². The van der Waals surface area contributed by atoms with Gasteiger partial charge >= 0.3 is 0 Å². The molecule has 0 radical (unpaired) electrons. The molecule has 31 heavy (non-hydrogen) atoms. The van der Waals surface area contributed by atoms with Gasteiger partial charge in [0.2, 0.25) is 5.91 Å². The normalized spacial score (nSPS) is 22.7. The molecular weight excluding hydrogens is 388 g/mol. The van der Waals surface area contributed by atoms with Crippen LogP contribution in [0.25, 0.3) is 0 Å². The van der Waals surface area contributed by atoms with E-state index in [1.807, 2.05) is 48.5 Å². The molecule has 1 amide bonds. The molecule has 1 aliphatic heterocycles. The molecule has 158 valence electrons. The fraction of sp³-hybridized carbons (Fsp3) is 0.385. The zero-order valence-electron chi connectivity index (χ0n) is 17.6. The Morgan fingerprint density at radius 1 is 1.13 bits per heavy atom. The number of aliphatic hydroxyl groups is 1. The van der Waals surface area contributed by atoms with Gasteiger partial charge in [-0.2, -0.15) is 5.26 Å². The first-order valence-electron chi connectivity index (χ1n) is 10.7. The number of amides is 1. The minimum Gasteiger partial charge on any atom is -0.497 e. The van der Waals surface area contributed by atoms with Crippen LogP contribution < -0.4 is 4.74 Å². The number of ether oxygens (including phenoxy) is 1. The molecule has 2 aromatic carbocycles. The maximum atomic E-state index is 12.9. The Bertz CT molecular complexity index is 1040. The summed E-state index contributed by atoms with van der Waals surface area (Å²) in [5.41, 5.74) is 2.68. The number of rotatable bonds is 4. The van der Waals surface area contributed by atoms with Crippen LogP contribution >= 0.6 is 0 Å². The molecule has 2 fully saturated rings. The van der Waals surface area contributed by atoms with Gasteiger partial charge in [-0.1, -0.05) is 42.9 Å². The van der Waals surface area contributed by atoms with Gasteiger partial charge in [0.25, 0.3) is 0 Å². The molecular formula is C26H26N2O3. The summed E-state index contributed by atoms with van der Waals surface area (Å²) in [6.45, 7) is -0.140. The van der Waals surface area contributed by atoms with Crippen LogP contribution in [0.2, 0.25) is 0 Å². The molecule has 1 saturated heterocycles. The number of nitrogens with zero attached hydrogens (tertiary/aromatic N) is 2. The Kier molecular flexibility index (Phi) is 6.26. The van der Waals surface area contributed by atoms with Crippen molar-refractivity contribution < 1.29 is 14.6 Å². The molecule has 1 N–H and O–H groups in total. The third kappa shape index (κ3) is 4.15. The van der Waals surface area contributed by atoms with Crippen molar-refractivity contribution in [2.75, 3.05) is 13.7 Å². The molecule has 0 aromatic heterocycles. The van der Waals surface area contributed by atoms with Gasteiger partial charge in [-0.3, -0.25) is 4.79 Å². The van der Waals surface area contributed by atoms with Gasteiger partial charge < -0.3 is 14.7 Å². The van der Waals surface area contributed by atoms with E-state index in [1.165, 1.54) is 0 Å². The van der Waals surface area contributed by atoms with Crippen molar-refractivity contribution in [2.24, 2.45) is 5.92 Å². The summed E-state index contributed by atoms with van der Waals surface area (Å²) in [6.07, 6.45) is 3.90. The molecule has 2 aromatic rings. The van der Waals surface area contributed by atoms with E-state index < -0.39 is 6.04 Å². The maximum absolute atomic E-state index is 12.9. The Hall–Kier alpha value is -3.28. The SMILES string of the molecule is COc1cccc(C#Cc2ccc([C@@H]3[C@@H](CO)N(C(=O)C4CCCC4)[C@H]3C#N)cc2)c1. The summed E-state index contributed by atoms with van der Waals surface area (Å²) in [7, 11) is 1.63. The topological polar surface area (TPSA) is 73.6 Å². The predicted molar refractivity (Wildman–Crippen MR) is 117 cm³/mol. The number of benzene rings is 2. The molecule has 1 heterocycles. The van der Waals surface area contributed by atoms with Crippen LogP contribution in [0.4, 0.5) is 0 Å². The van der Waals surface area contributed by atoms with E-state index in [1.54, 1.807) is 12.0 Å². The molecule has 5 heteroatoms. The van der Waals surface area contributed by atoms with Crippen molar-refractivity contribution in [1.29, 1.82) is 5.26 Å². The van der Waals surface area contributed by atoms with E-state index in [-0.39, 0.29) is 30.4 Å². The highest BCUT2D eigenvalue weighted by atomic mass is 16.5. The number of likely N-dealkylation sites (tertiary alicyclic amines) is 1. The quantitative estimate of drug-likeness (QED) is 0.778. The standard InChI is InChI=1S/C26H26N2O3/c1-31-22-8-4-5-19(15-22)10-9-18-11-13-20(14-12-18)25-23(16-27)28(24(25)17-29)26(30)21-6-2-3-7-21/h4-5,8,11-15,21,23-25,29H,2-3,6-7,17H2,1H3/t23-,24+,25-/m0/s1. The van der Waals surface area contributed by atoms with E-state index in [9.17, 15) is 15.2 Å². The number of hydrogen-bond donors (Lipinski definition) is 1. The number of nitriles is 1. The van der Waals surface area contributed by atoms with E-state index in [0.29, 0.717) is 0 Å². The zero-order valence-corrected chi connectivity index (χ0v) is 17.6. The van der Waals surface area contributed by atoms with E-state index in [0.717, 1.165) is 48.1 Å². The second-order valence-electron chi connectivity index (χ2n) is 8.18. The maximum Gasteiger partial charge on any atom is 0.227 e. The smallest absolute Gasteiger partial charge is 0.227 e. The molecule has 0 unspecified atom stereocenters. The van der Waals surface area contributed by atoms with Crippen LogP contribution in [-0.2, 0) is 4.79 Å². The molecule has 4 rings (SSSR count). The first-order valence-corrected chi connectivity index (χ1v) is 10.7. The van der Waals surface area contributed by atoms with Crippen molar-refractivity contribution in [3.63, 3.8) is 0 Å². The van der Waals surface area contributed by atoms with E-state index in [4.69, 9.17) is 4.74 Å². The minimum atomic E-state index is -0.529. The van der Waals surface area contributed by atoms with Gasteiger partial charge in [0, 0.05) is 23.0 Å². The van der Waals surface area contributed by atoms with Crippen LogP contribution in [0.5, 0.6) is 5.75 Å². The first kappa shape index (κ1) is 21.0. The monoisotopic (exact) mass is 414 g/mol. The summed E-state index contributed by atoms with van der Waals surface area (Å²) in [4.78, 5) is 14.5. The second kappa shape index (κ2) is 9.25. The highest BCUT2D eigenvalue weighted by Crippen LogP contribution is 2.42. The average Bonchev–Trinajstić information content (AvgIpc) is 3.34. The molecule has 3 atom stereocenters. The van der Waals surface area contributed by atoms with Gasteiger partial charge in [-0.25, -0.2) is 0 Å². The summed E-state index contributed by atoms with van der Waals surface area (Å²) < 4.78 is 5.22. The lowest BCUT2D eigenvalue weighted by molar-refractivity contribution is -0.151. The average molecular weight is 415 g/mol. The van der Waals surface area contributed by atoms with Gasteiger partial charge in [0.1, 0.15) is 11.8 Å². The molecule has 1 saturated carbocycles. The largest absolute Gasteiger partial charge is 0.497 e. The Morgan fingerprint density at radius 2 is 1.84 bits per heavy atom. The van der Waals surface area contributed by atoms with Gasteiger partial charge in [0.15, 0.2) is 0 Å². The number of hydrogen-bond acceptors (Lipinski definition) is 4. The van der Waals surface area contributed by atoms with Gasteiger partial charge in [-0.05, 0) is 48.7 Å². The van der Waals surface area contributed by atoms with Crippen LogP contribution in [0.1, 0.15) is 48.3 Å². The number of carbonyl (C=O) groups is 1.